The molecule has 0 spiro atoms. The van der Waals surface area contributed by atoms with E-state index in [1.807, 2.05) is 0 Å². The normalized spacial score (nSPS) is 20.7. The van der Waals surface area contributed by atoms with Crippen LogP contribution in [0.25, 0.3) is 0 Å². The molecule has 0 aromatic heterocycles. The van der Waals surface area contributed by atoms with Gasteiger partial charge in [0.25, 0.3) is 0 Å². The molecule has 21 heavy (non-hydrogen) atoms. The van der Waals surface area contributed by atoms with E-state index >= 15 is 0 Å². The van der Waals surface area contributed by atoms with Crippen molar-refractivity contribution in [3.05, 3.63) is 35.4 Å². The highest BCUT2D eigenvalue weighted by atomic mass is 15.2. The molecule has 1 aromatic rings. The van der Waals surface area contributed by atoms with Gasteiger partial charge < -0.3 is 5.32 Å². The molecular formula is C19H32N2. The summed E-state index contributed by atoms with van der Waals surface area (Å²) in [6.07, 6.45) is 6.84. The van der Waals surface area contributed by atoms with Gasteiger partial charge in [0.05, 0.1) is 0 Å². The summed E-state index contributed by atoms with van der Waals surface area (Å²) >= 11 is 0. The van der Waals surface area contributed by atoms with Crippen LogP contribution in [0.15, 0.2) is 24.3 Å². The Labute approximate surface area is 130 Å². The molecule has 1 aliphatic rings. The van der Waals surface area contributed by atoms with Gasteiger partial charge in [0, 0.05) is 25.2 Å². The fourth-order valence-electron chi connectivity index (χ4n) is 3.32. The largest absolute Gasteiger partial charge is 0.310 e. The van der Waals surface area contributed by atoms with Crippen LogP contribution in [0.2, 0.25) is 0 Å². The lowest BCUT2D eigenvalue weighted by Crippen LogP contribution is -2.34. The minimum absolute atomic E-state index is 0.541. The Bertz CT molecular complexity index is 414. The van der Waals surface area contributed by atoms with Crippen molar-refractivity contribution in [2.45, 2.75) is 78.0 Å². The third kappa shape index (κ3) is 5.12. The van der Waals surface area contributed by atoms with Crippen molar-refractivity contribution in [1.29, 1.82) is 0 Å². The SMILES string of the molecule is CCC1CCCCCN1Cc1ccccc1CNC(C)C. The van der Waals surface area contributed by atoms with Crippen molar-refractivity contribution >= 4 is 0 Å². The van der Waals surface area contributed by atoms with Crippen molar-refractivity contribution in [3.8, 4) is 0 Å². The van der Waals surface area contributed by atoms with Crippen molar-refractivity contribution < 1.29 is 0 Å². The van der Waals surface area contributed by atoms with Crippen molar-refractivity contribution in [3.63, 3.8) is 0 Å². The number of nitrogens with one attached hydrogen (secondary N) is 1. The summed E-state index contributed by atoms with van der Waals surface area (Å²) in [6.45, 7) is 10.1. The lowest BCUT2D eigenvalue weighted by molar-refractivity contribution is 0.185. The average molecular weight is 288 g/mol. The number of hydrogen-bond donors (Lipinski definition) is 1. The van der Waals surface area contributed by atoms with E-state index in [9.17, 15) is 0 Å². The maximum absolute atomic E-state index is 3.56. The Kier molecular flexibility index (Phi) is 6.72. The fourth-order valence-corrected chi connectivity index (χ4v) is 3.32. The Balaban J connectivity index is 2.06. The monoisotopic (exact) mass is 288 g/mol. The third-order valence-corrected chi connectivity index (χ3v) is 4.66. The number of hydrogen-bond acceptors (Lipinski definition) is 2. The van der Waals surface area contributed by atoms with Crippen LogP contribution in [0.3, 0.4) is 0 Å². The van der Waals surface area contributed by atoms with Crippen LogP contribution in [0.1, 0.15) is 64.0 Å². The lowest BCUT2D eigenvalue weighted by atomic mass is 10.0. The van der Waals surface area contributed by atoms with Crippen LogP contribution in [0.4, 0.5) is 0 Å². The van der Waals surface area contributed by atoms with Gasteiger partial charge >= 0.3 is 0 Å². The smallest absolute Gasteiger partial charge is 0.0239 e. The Hall–Kier alpha value is -0.860. The summed E-state index contributed by atoms with van der Waals surface area (Å²) in [6, 6.07) is 10.3. The molecule has 118 valence electrons. The second kappa shape index (κ2) is 8.55. The maximum Gasteiger partial charge on any atom is 0.0239 e. The van der Waals surface area contributed by atoms with Gasteiger partial charge in [0.2, 0.25) is 0 Å². The first-order valence-electron chi connectivity index (χ1n) is 8.75. The summed E-state index contributed by atoms with van der Waals surface area (Å²) in [5, 5.41) is 3.56. The lowest BCUT2D eigenvalue weighted by Gasteiger charge is -2.30. The quantitative estimate of drug-likeness (QED) is 0.837. The molecule has 1 aromatic carbocycles. The average Bonchev–Trinajstić information content (AvgIpc) is 2.71. The third-order valence-electron chi connectivity index (χ3n) is 4.66. The van der Waals surface area contributed by atoms with Gasteiger partial charge in [-0.2, -0.15) is 0 Å². The molecular weight excluding hydrogens is 256 g/mol. The molecule has 0 amide bonds. The molecule has 1 atom stereocenters. The first-order valence-corrected chi connectivity index (χ1v) is 8.75. The van der Waals surface area contributed by atoms with Gasteiger partial charge in [-0.15, -0.1) is 0 Å². The molecule has 1 N–H and O–H groups in total. The molecule has 1 fully saturated rings. The minimum Gasteiger partial charge on any atom is -0.310 e. The van der Waals surface area contributed by atoms with Crippen LogP contribution >= 0.6 is 0 Å². The van der Waals surface area contributed by atoms with E-state index in [1.165, 1.54) is 49.8 Å². The van der Waals surface area contributed by atoms with E-state index < -0.39 is 0 Å². The predicted molar refractivity (Wildman–Crippen MR) is 91.4 cm³/mol. The van der Waals surface area contributed by atoms with E-state index in [2.05, 4.69) is 55.3 Å². The molecule has 0 radical (unpaired) electrons. The number of nitrogens with zero attached hydrogens (tertiary/aromatic N) is 1. The van der Waals surface area contributed by atoms with Gasteiger partial charge in [-0.05, 0) is 36.9 Å². The van der Waals surface area contributed by atoms with E-state index in [0.717, 1.165) is 19.1 Å². The zero-order valence-electron chi connectivity index (χ0n) is 14.1. The molecule has 0 aliphatic carbocycles. The van der Waals surface area contributed by atoms with E-state index in [1.54, 1.807) is 0 Å². The van der Waals surface area contributed by atoms with Crippen molar-refractivity contribution in [2.24, 2.45) is 0 Å². The van der Waals surface area contributed by atoms with Gasteiger partial charge in [0.15, 0.2) is 0 Å². The standard InChI is InChI=1S/C19H32N2/c1-4-19-12-6-5-9-13-21(19)15-18-11-8-7-10-17(18)14-20-16(2)3/h7-8,10-11,16,19-20H,4-6,9,12-15H2,1-3H3. The topological polar surface area (TPSA) is 15.3 Å². The maximum atomic E-state index is 3.56. The van der Waals surface area contributed by atoms with Crippen LogP contribution in [-0.4, -0.2) is 23.5 Å². The van der Waals surface area contributed by atoms with Crippen molar-refractivity contribution in [1.82, 2.24) is 10.2 Å². The highest BCUT2D eigenvalue weighted by Crippen LogP contribution is 2.22. The molecule has 2 nitrogen and oxygen atoms in total. The second-order valence-electron chi connectivity index (χ2n) is 6.69. The molecule has 2 heteroatoms. The predicted octanol–water partition coefficient (Wildman–Crippen LogP) is 4.34. The molecule has 1 heterocycles. The number of likely N-dealkylation sites (tertiary alicyclic amines) is 1. The molecule has 1 unspecified atom stereocenters. The molecule has 1 aliphatic heterocycles. The Morgan fingerprint density at radius 3 is 2.62 bits per heavy atom. The van der Waals surface area contributed by atoms with E-state index in [4.69, 9.17) is 0 Å². The Morgan fingerprint density at radius 2 is 1.90 bits per heavy atom. The van der Waals surface area contributed by atoms with Crippen LogP contribution < -0.4 is 5.32 Å². The number of benzene rings is 1. The Morgan fingerprint density at radius 1 is 1.14 bits per heavy atom. The first-order chi connectivity index (χ1) is 10.2. The summed E-state index contributed by atoms with van der Waals surface area (Å²) < 4.78 is 0. The van der Waals surface area contributed by atoms with E-state index in [0.29, 0.717) is 6.04 Å². The van der Waals surface area contributed by atoms with Gasteiger partial charge in [-0.1, -0.05) is 57.9 Å². The molecule has 1 saturated heterocycles. The second-order valence-corrected chi connectivity index (χ2v) is 6.69. The van der Waals surface area contributed by atoms with Crippen LogP contribution in [0, 0.1) is 0 Å². The van der Waals surface area contributed by atoms with Crippen LogP contribution in [-0.2, 0) is 13.1 Å². The minimum atomic E-state index is 0.541. The van der Waals surface area contributed by atoms with E-state index in [-0.39, 0.29) is 0 Å². The highest BCUT2D eigenvalue weighted by Gasteiger charge is 2.20. The summed E-state index contributed by atoms with van der Waals surface area (Å²) in [4.78, 5) is 2.72. The summed E-state index contributed by atoms with van der Waals surface area (Å²) in [7, 11) is 0. The van der Waals surface area contributed by atoms with Gasteiger partial charge in [-0.3, -0.25) is 4.90 Å². The molecule has 0 saturated carbocycles. The fraction of sp³-hybridized carbons (Fsp3) is 0.684. The molecule has 2 rings (SSSR count). The first kappa shape index (κ1) is 16.5. The van der Waals surface area contributed by atoms with Gasteiger partial charge in [-0.25, -0.2) is 0 Å². The molecule has 0 bridgehead atoms. The summed E-state index contributed by atoms with van der Waals surface area (Å²) in [5.74, 6) is 0. The zero-order valence-corrected chi connectivity index (χ0v) is 14.1. The highest BCUT2D eigenvalue weighted by molar-refractivity contribution is 5.27. The number of rotatable bonds is 6. The van der Waals surface area contributed by atoms with Gasteiger partial charge in [0.1, 0.15) is 0 Å². The zero-order chi connectivity index (χ0) is 15.1. The van der Waals surface area contributed by atoms with Crippen molar-refractivity contribution in [2.75, 3.05) is 6.54 Å². The summed E-state index contributed by atoms with van der Waals surface area (Å²) in [5.41, 5.74) is 2.97. The van der Waals surface area contributed by atoms with Crippen LogP contribution in [0.5, 0.6) is 0 Å².